The zero-order chi connectivity index (χ0) is 20.5. The van der Waals surface area contributed by atoms with Gasteiger partial charge in [-0.05, 0) is 51.0 Å². The molecule has 0 aliphatic heterocycles. The number of anilines is 1. The number of hydrogen-bond donors (Lipinski definition) is 2. The van der Waals surface area contributed by atoms with Crippen LogP contribution in [-0.4, -0.2) is 29.8 Å². The predicted octanol–water partition coefficient (Wildman–Crippen LogP) is 4.36. The average molecular weight is 405 g/mol. The van der Waals surface area contributed by atoms with Gasteiger partial charge in [0.1, 0.15) is 5.75 Å². The molecule has 1 aromatic heterocycles. The van der Waals surface area contributed by atoms with E-state index in [1.54, 1.807) is 6.92 Å². The minimum atomic E-state index is -3.43. The monoisotopic (exact) mass is 404 g/mol. The van der Waals surface area contributed by atoms with Crippen molar-refractivity contribution in [2.45, 2.75) is 63.8 Å². The molecule has 1 heterocycles. The van der Waals surface area contributed by atoms with Gasteiger partial charge in [-0.2, -0.15) is 0 Å². The predicted molar refractivity (Wildman–Crippen MR) is 110 cm³/mol. The minimum absolute atomic E-state index is 0.0479. The number of aryl methyl sites for hydroxylation is 1. The second-order valence-corrected chi connectivity index (χ2v) is 9.76. The van der Waals surface area contributed by atoms with Gasteiger partial charge in [-0.1, -0.05) is 26.2 Å². The molecule has 1 aliphatic carbocycles. The van der Waals surface area contributed by atoms with Crippen molar-refractivity contribution in [3.63, 3.8) is 0 Å². The van der Waals surface area contributed by atoms with Crippen LogP contribution in [0.3, 0.4) is 0 Å². The molecule has 1 aromatic carbocycles. The van der Waals surface area contributed by atoms with Gasteiger partial charge in [0.15, 0.2) is 9.84 Å². The number of aromatic nitrogens is 1. The maximum Gasteiger partial charge on any atom is 0.257 e. The van der Waals surface area contributed by atoms with E-state index >= 15 is 0 Å². The van der Waals surface area contributed by atoms with Gasteiger partial charge in [-0.25, -0.2) is 8.42 Å². The Hall–Kier alpha value is -2.28. The van der Waals surface area contributed by atoms with Gasteiger partial charge < -0.3 is 15.0 Å². The summed E-state index contributed by atoms with van der Waals surface area (Å²) in [7, 11) is -3.43. The van der Waals surface area contributed by atoms with Crippen LogP contribution in [-0.2, 0) is 9.84 Å². The van der Waals surface area contributed by atoms with Crippen LogP contribution in [0.4, 0.5) is 5.69 Å². The highest BCUT2D eigenvalue weighted by Gasteiger charge is 2.23. The fourth-order valence-electron chi connectivity index (χ4n) is 4.07. The van der Waals surface area contributed by atoms with Crippen LogP contribution in [0, 0.1) is 13.8 Å². The summed E-state index contributed by atoms with van der Waals surface area (Å²) in [5.74, 6) is -0.561. The molecule has 6 nitrogen and oxygen atoms in total. The van der Waals surface area contributed by atoms with Crippen molar-refractivity contribution in [2.24, 2.45) is 0 Å². The first-order valence-electron chi connectivity index (χ1n) is 9.80. The summed E-state index contributed by atoms with van der Waals surface area (Å²) in [6, 6.07) is 6.24. The molecule has 152 valence electrons. The Balaban J connectivity index is 1.89. The second-order valence-electron chi connectivity index (χ2n) is 7.48. The maximum atomic E-state index is 12.9. The molecule has 0 spiro atoms. The molecule has 7 heteroatoms. The third-order valence-electron chi connectivity index (χ3n) is 5.62. The fourth-order valence-corrected chi connectivity index (χ4v) is 4.98. The van der Waals surface area contributed by atoms with Gasteiger partial charge in [-0.15, -0.1) is 0 Å². The zero-order valence-corrected chi connectivity index (χ0v) is 17.5. The molecule has 3 rings (SSSR count). The average Bonchev–Trinajstić information content (AvgIpc) is 2.98. The summed E-state index contributed by atoms with van der Waals surface area (Å²) >= 11 is 0. The van der Waals surface area contributed by atoms with Crippen LogP contribution >= 0.6 is 0 Å². The number of rotatable bonds is 5. The Bertz CT molecular complexity index is 986. The molecule has 1 amide bonds. The van der Waals surface area contributed by atoms with E-state index in [1.807, 2.05) is 19.9 Å². The molecule has 0 saturated heterocycles. The first-order chi connectivity index (χ1) is 13.2. The smallest absolute Gasteiger partial charge is 0.257 e. The summed E-state index contributed by atoms with van der Waals surface area (Å²) < 4.78 is 26.4. The topological polar surface area (TPSA) is 88.4 Å². The van der Waals surface area contributed by atoms with Crippen molar-refractivity contribution in [3.8, 4) is 5.75 Å². The largest absolute Gasteiger partial charge is 0.506 e. The highest BCUT2D eigenvalue weighted by Crippen LogP contribution is 2.33. The third kappa shape index (κ3) is 3.94. The van der Waals surface area contributed by atoms with Gasteiger partial charge >= 0.3 is 0 Å². The molecule has 0 unspecified atom stereocenters. The highest BCUT2D eigenvalue weighted by molar-refractivity contribution is 7.91. The van der Waals surface area contributed by atoms with Gasteiger partial charge in [0.05, 0.1) is 21.9 Å². The number of carbonyl (C=O) groups is 1. The van der Waals surface area contributed by atoms with Crippen LogP contribution in [0.15, 0.2) is 29.2 Å². The Morgan fingerprint density at radius 1 is 1.18 bits per heavy atom. The number of sulfone groups is 1. The van der Waals surface area contributed by atoms with E-state index in [9.17, 15) is 18.3 Å². The van der Waals surface area contributed by atoms with E-state index < -0.39 is 9.84 Å². The number of benzene rings is 1. The Morgan fingerprint density at radius 3 is 2.50 bits per heavy atom. The molecule has 0 bridgehead atoms. The maximum absolute atomic E-state index is 12.9. The molecule has 1 aliphatic rings. The molecule has 0 atom stereocenters. The van der Waals surface area contributed by atoms with Crippen LogP contribution < -0.4 is 5.32 Å². The van der Waals surface area contributed by atoms with E-state index in [0.717, 1.165) is 24.2 Å². The zero-order valence-electron chi connectivity index (χ0n) is 16.7. The molecule has 1 fully saturated rings. The molecular weight excluding hydrogens is 376 g/mol. The Kier molecular flexibility index (Phi) is 5.84. The van der Waals surface area contributed by atoms with Crippen LogP contribution in [0.25, 0.3) is 0 Å². The van der Waals surface area contributed by atoms with E-state index in [2.05, 4.69) is 9.88 Å². The lowest BCUT2D eigenvalue weighted by atomic mass is 9.95. The summed E-state index contributed by atoms with van der Waals surface area (Å²) in [4.78, 5) is 13.0. The van der Waals surface area contributed by atoms with Crippen molar-refractivity contribution in [1.82, 2.24) is 4.57 Å². The number of carbonyl (C=O) groups excluding carboxylic acids is 1. The molecular formula is C21H28N2O4S. The number of nitrogens with one attached hydrogen (secondary N) is 1. The second kappa shape index (κ2) is 7.99. The van der Waals surface area contributed by atoms with E-state index in [4.69, 9.17) is 0 Å². The molecule has 0 radical (unpaired) electrons. The highest BCUT2D eigenvalue weighted by atomic mass is 32.2. The molecule has 2 aromatic rings. The summed E-state index contributed by atoms with van der Waals surface area (Å²) in [6.45, 7) is 5.50. The molecule has 1 saturated carbocycles. The van der Waals surface area contributed by atoms with Gasteiger partial charge in [0.25, 0.3) is 5.91 Å². The third-order valence-corrected chi connectivity index (χ3v) is 7.36. The fraction of sp³-hybridized carbons (Fsp3) is 0.476. The first-order valence-corrected chi connectivity index (χ1v) is 11.5. The van der Waals surface area contributed by atoms with Crippen LogP contribution in [0.1, 0.15) is 66.8 Å². The lowest BCUT2D eigenvalue weighted by molar-refractivity contribution is 0.102. The number of phenols is 1. The summed E-state index contributed by atoms with van der Waals surface area (Å²) in [6.07, 6.45) is 5.91. The summed E-state index contributed by atoms with van der Waals surface area (Å²) in [5.41, 5.74) is 2.59. The van der Waals surface area contributed by atoms with Crippen molar-refractivity contribution in [3.05, 3.63) is 41.2 Å². The normalized spacial score (nSPS) is 15.5. The first kappa shape index (κ1) is 20.5. The van der Waals surface area contributed by atoms with Crippen molar-refractivity contribution in [2.75, 3.05) is 11.1 Å². The number of phenolic OH excluding ortho intramolecular Hbond substituents is 1. The lowest BCUT2D eigenvalue weighted by Crippen LogP contribution is -2.17. The molecule has 28 heavy (non-hydrogen) atoms. The standard InChI is InChI=1S/C21H28N2O4S/c1-4-28(26,27)17-10-11-20(24)19(13-17)22-21(25)18-12-14(2)23(15(18)3)16-8-6-5-7-9-16/h10-13,16,24H,4-9H2,1-3H3,(H,22,25). The van der Waals surface area contributed by atoms with Crippen molar-refractivity contribution >= 4 is 21.4 Å². The van der Waals surface area contributed by atoms with Crippen LogP contribution in [0.5, 0.6) is 5.75 Å². The number of nitrogens with zero attached hydrogens (tertiary/aromatic N) is 1. The lowest BCUT2D eigenvalue weighted by Gasteiger charge is -2.26. The SMILES string of the molecule is CCS(=O)(=O)c1ccc(O)c(NC(=O)c2cc(C)n(C3CCCCC3)c2C)c1. The number of aromatic hydroxyl groups is 1. The van der Waals surface area contributed by atoms with Gasteiger partial charge in [0.2, 0.25) is 0 Å². The Morgan fingerprint density at radius 2 is 1.86 bits per heavy atom. The van der Waals surface area contributed by atoms with E-state index in [1.165, 1.54) is 37.5 Å². The number of hydrogen-bond acceptors (Lipinski definition) is 4. The van der Waals surface area contributed by atoms with E-state index in [-0.39, 0.29) is 28.0 Å². The van der Waals surface area contributed by atoms with Crippen LogP contribution in [0.2, 0.25) is 0 Å². The van der Waals surface area contributed by atoms with E-state index in [0.29, 0.717) is 11.6 Å². The van der Waals surface area contributed by atoms with Gasteiger partial charge in [0, 0.05) is 17.4 Å². The Labute approximate surface area is 166 Å². The summed E-state index contributed by atoms with van der Waals surface area (Å²) in [5, 5.41) is 12.8. The number of amides is 1. The minimum Gasteiger partial charge on any atom is -0.506 e. The van der Waals surface area contributed by atoms with Gasteiger partial charge in [-0.3, -0.25) is 4.79 Å². The molecule has 2 N–H and O–H groups in total. The van der Waals surface area contributed by atoms with Crippen molar-refractivity contribution in [1.29, 1.82) is 0 Å². The quantitative estimate of drug-likeness (QED) is 0.725. The van der Waals surface area contributed by atoms with Crippen molar-refractivity contribution < 1.29 is 18.3 Å².